The predicted octanol–water partition coefficient (Wildman–Crippen LogP) is 2.53. The maximum atomic E-state index is 4.30. The summed E-state index contributed by atoms with van der Waals surface area (Å²) in [6.07, 6.45) is 3.57. The monoisotopic (exact) mass is 262 g/mol. The molecule has 0 fully saturated rings. The van der Waals surface area contributed by atoms with Crippen LogP contribution in [0.25, 0.3) is 0 Å². The summed E-state index contributed by atoms with van der Waals surface area (Å²) in [4.78, 5) is 1.37. The molecule has 0 saturated carbocycles. The highest BCUT2D eigenvalue weighted by molar-refractivity contribution is 7.10. The molecule has 0 aromatic carbocycles. The zero-order valence-electron chi connectivity index (χ0n) is 10.6. The molecule has 2 aromatic heterocycles. The quantitative estimate of drug-likeness (QED) is 0.920. The van der Waals surface area contributed by atoms with Gasteiger partial charge in [0.25, 0.3) is 0 Å². The lowest BCUT2D eigenvalue weighted by Crippen LogP contribution is -2.21. The van der Waals surface area contributed by atoms with Crippen LogP contribution >= 0.6 is 11.3 Å². The minimum atomic E-state index is 0.376. The van der Waals surface area contributed by atoms with Crippen molar-refractivity contribution in [2.24, 2.45) is 0 Å². The van der Waals surface area contributed by atoms with Gasteiger partial charge in [0, 0.05) is 23.9 Å². The van der Waals surface area contributed by atoms with Crippen molar-refractivity contribution >= 4 is 11.3 Å². The van der Waals surface area contributed by atoms with E-state index in [1.807, 2.05) is 0 Å². The second-order valence-electron chi connectivity index (χ2n) is 4.76. The van der Waals surface area contributed by atoms with Gasteiger partial charge in [0.1, 0.15) is 11.6 Å². The Hall–Kier alpha value is -1.20. The number of nitrogens with one attached hydrogen (secondary N) is 1. The van der Waals surface area contributed by atoms with Crippen LogP contribution in [0.1, 0.15) is 42.3 Å². The zero-order chi connectivity index (χ0) is 12.4. The topological polar surface area (TPSA) is 42.7 Å². The second-order valence-corrected chi connectivity index (χ2v) is 5.74. The maximum Gasteiger partial charge on any atom is 0.147 e. The molecule has 1 N–H and O–H groups in total. The molecular weight excluding hydrogens is 244 g/mol. The third-order valence-electron chi connectivity index (χ3n) is 3.47. The molecule has 18 heavy (non-hydrogen) atoms. The van der Waals surface area contributed by atoms with E-state index < -0.39 is 0 Å². The Kier molecular flexibility index (Phi) is 3.43. The standard InChI is InChI=1S/C13H18N4S/c1-10(11-5-4-8-18-11)14-9-13-16-15-12-6-2-3-7-17(12)13/h4-5,8,10,14H,2-3,6-7,9H2,1H3/t10-/m0/s1. The fourth-order valence-electron chi connectivity index (χ4n) is 2.38. The van der Waals surface area contributed by atoms with Crippen molar-refractivity contribution in [3.8, 4) is 0 Å². The molecule has 3 heterocycles. The first-order valence-corrected chi connectivity index (χ1v) is 7.40. The number of hydrogen-bond donors (Lipinski definition) is 1. The third kappa shape index (κ3) is 2.33. The third-order valence-corrected chi connectivity index (χ3v) is 4.53. The first kappa shape index (κ1) is 11.9. The molecule has 1 atom stereocenters. The van der Waals surface area contributed by atoms with Crippen LogP contribution in [0.4, 0.5) is 0 Å². The summed E-state index contributed by atoms with van der Waals surface area (Å²) >= 11 is 1.79. The minimum Gasteiger partial charge on any atom is -0.314 e. The number of hydrogen-bond acceptors (Lipinski definition) is 4. The van der Waals surface area contributed by atoms with Gasteiger partial charge in [-0.1, -0.05) is 6.07 Å². The molecule has 0 bridgehead atoms. The van der Waals surface area contributed by atoms with Gasteiger partial charge in [-0.3, -0.25) is 0 Å². The average molecular weight is 262 g/mol. The van der Waals surface area contributed by atoms with E-state index in [9.17, 15) is 0 Å². The van der Waals surface area contributed by atoms with Crippen LogP contribution in [0.15, 0.2) is 17.5 Å². The summed E-state index contributed by atoms with van der Waals surface area (Å²) in [7, 11) is 0. The second kappa shape index (κ2) is 5.20. The van der Waals surface area contributed by atoms with E-state index >= 15 is 0 Å². The van der Waals surface area contributed by atoms with Gasteiger partial charge in [-0.25, -0.2) is 0 Å². The number of aryl methyl sites for hydroxylation is 1. The summed E-state index contributed by atoms with van der Waals surface area (Å²) in [6, 6.07) is 4.64. The Morgan fingerprint density at radius 1 is 1.44 bits per heavy atom. The lowest BCUT2D eigenvalue weighted by atomic mass is 10.1. The van der Waals surface area contributed by atoms with Crippen LogP contribution < -0.4 is 5.32 Å². The van der Waals surface area contributed by atoms with Crippen molar-refractivity contribution in [1.82, 2.24) is 20.1 Å². The molecule has 4 nitrogen and oxygen atoms in total. The van der Waals surface area contributed by atoms with Crippen molar-refractivity contribution in [2.45, 2.75) is 45.3 Å². The van der Waals surface area contributed by atoms with Gasteiger partial charge in [0.2, 0.25) is 0 Å². The summed E-state index contributed by atoms with van der Waals surface area (Å²) in [5.41, 5.74) is 0. The first-order valence-electron chi connectivity index (χ1n) is 6.52. The Bertz CT molecular complexity index is 503. The molecule has 2 aromatic rings. The van der Waals surface area contributed by atoms with E-state index in [1.54, 1.807) is 11.3 Å². The van der Waals surface area contributed by atoms with Crippen molar-refractivity contribution in [3.63, 3.8) is 0 Å². The van der Waals surface area contributed by atoms with E-state index in [-0.39, 0.29) is 0 Å². The van der Waals surface area contributed by atoms with Gasteiger partial charge in [-0.2, -0.15) is 0 Å². The van der Waals surface area contributed by atoms with E-state index in [0.29, 0.717) is 6.04 Å². The van der Waals surface area contributed by atoms with E-state index in [1.165, 1.54) is 17.7 Å². The molecule has 5 heteroatoms. The van der Waals surface area contributed by atoms with Crippen LogP contribution in [-0.2, 0) is 19.5 Å². The summed E-state index contributed by atoms with van der Waals surface area (Å²) in [6.45, 7) is 4.07. The molecule has 0 aliphatic carbocycles. The molecule has 96 valence electrons. The largest absolute Gasteiger partial charge is 0.314 e. The van der Waals surface area contributed by atoms with Crippen molar-refractivity contribution in [3.05, 3.63) is 34.0 Å². The molecule has 3 rings (SSSR count). The maximum absolute atomic E-state index is 4.30. The van der Waals surface area contributed by atoms with E-state index in [2.05, 4.69) is 44.5 Å². The fraction of sp³-hybridized carbons (Fsp3) is 0.538. The molecular formula is C13H18N4S. The molecule has 1 aliphatic heterocycles. The number of fused-ring (bicyclic) bond motifs is 1. The van der Waals surface area contributed by atoms with Gasteiger partial charge >= 0.3 is 0 Å². The summed E-state index contributed by atoms with van der Waals surface area (Å²) < 4.78 is 2.28. The lowest BCUT2D eigenvalue weighted by molar-refractivity contribution is 0.485. The molecule has 0 unspecified atom stereocenters. The van der Waals surface area contributed by atoms with Crippen molar-refractivity contribution in [2.75, 3.05) is 0 Å². The molecule has 0 saturated heterocycles. The highest BCUT2D eigenvalue weighted by Crippen LogP contribution is 2.19. The summed E-state index contributed by atoms with van der Waals surface area (Å²) in [5, 5.41) is 14.2. The van der Waals surface area contributed by atoms with Gasteiger partial charge in [-0.05, 0) is 31.2 Å². The summed E-state index contributed by atoms with van der Waals surface area (Å²) in [5.74, 6) is 2.23. The molecule has 0 amide bonds. The zero-order valence-corrected chi connectivity index (χ0v) is 11.4. The SMILES string of the molecule is C[C@H](NCc1nnc2n1CCCC2)c1cccs1. The normalized spacial score (nSPS) is 16.5. The smallest absolute Gasteiger partial charge is 0.147 e. The Balaban J connectivity index is 1.65. The van der Waals surface area contributed by atoms with Crippen LogP contribution in [0.3, 0.4) is 0 Å². The van der Waals surface area contributed by atoms with Crippen LogP contribution in [0.5, 0.6) is 0 Å². The average Bonchev–Trinajstić information content (AvgIpc) is 3.06. The highest BCUT2D eigenvalue weighted by Gasteiger charge is 2.16. The van der Waals surface area contributed by atoms with Crippen LogP contribution in [-0.4, -0.2) is 14.8 Å². The van der Waals surface area contributed by atoms with Crippen LogP contribution in [0.2, 0.25) is 0 Å². The number of nitrogens with zero attached hydrogens (tertiary/aromatic N) is 3. The minimum absolute atomic E-state index is 0.376. The molecule has 1 aliphatic rings. The van der Waals surface area contributed by atoms with Crippen molar-refractivity contribution < 1.29 is 0 Å². The van der Waals surface area contributed by atoms with Crippen molar-refractivity contribution in [1.29, 1.82) is 0 Å². The van der Waals surface area contributed by atoms with Crippen LogP contribution in [0, 0.1) is 0 Å². The fourth-order valence-corrected chi connectivity index (χ4v) is 3.14. The van der Waals surface area contributed by atoms with Gasteiger partial charge in [0.05, 0.1) is 6.54 Å². The van der Waals surface area contributed by atoms with E-state index in [0.717, 1.165) is 31.2 Å². The van der Waals surface area contributed by atoms with Gasteiger partial charge in [0.15, 0.2) is 0 Å². The predicted molar refractivity (Wildman–Crippen MR) is 72.5 cm³/mol. The molecule has 0 radical (unpaired) electrons. The Labute approximate surface area is 111 Å². The van der Waals surface area contributed by atoms with E-state index in [4.69, 9.17) is 0 Å². The first-order chi connectivity index (χ1) is 8.84. The number of thiophene rings is 1. The van der Waals surface area contributed by atoms with Gasteiger partial charge in [-0.15, -0.1) is 21.5 Å². The number of rotatable bonds is 4. The Morgan fingerprint density at radius 2 is 2.39 bits per heavy atom. The Morgan fingerprint density at radius 3 is 3.22 bits per heavy atom. The lowest BCUT2D eigenvalue weighted by Gasteiger charge is -2.16. The highest BCUT2D eigenvalue weighted by atomic mass is 32.1. The number of aromatic nitrogens is 3. The van der Waals surface area contributed by atoms with Gasteiger partial charge < -0.3 is 9.88 Å². The molecule has 0 spiro atoms.